The van der Waals surface area contributed by atoms with Gasteiger partial charge in [-0.25, -0.2) is 0 Å². The first kappa shape index (κ1) is 22.0. The summed E-state index contributed by atoms with van der Waals surface area (Å²) in [4.78, 5) is 0. The summed E-state index contributed by atoms with van der Waals surface area (Å²) in [5.41, 5.74) is 1.35. The molecule has 0 aliphatic rings. The van der Waals surface area contributed by atoms with E-state index in [1.54, 1.807) is 12.1 Å². The fourth-order valence-electron chi connectivity index (χ4n) is 2.28. The minimum Gasteiger partial charge on any atom is -0.508 e. The number of benzene rings is 2. The molecule has 0 aromatic heterocycles. The van der Waals surface area contributed by atoms with Crippen LogP contribution in [-0.4, -0.2) is 30.2 Å². The number of rotatable bonds is 10. The first-order chi connectivity index (χ1) is 13.1. The molecule has 1 unspecified atom stereocenters. The van der Waals surface area contributed by atoms with Crippen LogP contribution in [0.2, 0.25) is 0 Å². The second-order valence-electron chi connectivity index (χ2n) is 6.12. The monoisotopic (exact) mass is 402 g/mol. The third-order valence-corrected chi connectivity index (χ3v) is 3.80. The van der Waals surface area contributed by atoms with Crippen LogP contribution in [0.25, 0.3) is 11.1 Å². The summed E-state index contributed by atoms with van der Waals surface area (Å²) in [7, 11) is 0. The van der Waals surface area contributed by atoms with Gasteiger partial charge in [0.05, 0.1) is 0 Å². The summed E-state index contributed by atoms with van der Waals surface area (Å²) in [6.07, 6.45) is -9.93. The molecule has 4 nitrogen and oxygen atoms in total. The molecule has 28 heavy (non-hydrogen) atoms. The molecule has 0 amide bonds. The first-order valence-corrected chi connectivity index (χ1v) is 8.78. The molecule has 0 heterocycles. The van der Waals surface area contributed by atoms with E-state index in [0.717, 1.165) is 25.5 Å². The molecule has 0 saturated carbocycles. The largest absolute Gasteiger partial charge is 0.508 e. The van der Waals surface area contributed by atoms with E-state index >= 15 is 0 Å². The van der Waals surface area contributed by atoms with Gasteiger partial charge in [0.1, 0.15) is 11.5 Å². The smallest absolute Gasteiger partial charge is 0.494 e. The number of phenolic OH excluding ortho intramolecular Hbond substituents is 1. The number of phenols is 1. The zero-order chi connectivity index (χ0) is 20.8. The third-order valence-electron chi connectivity index (χ3n) is 3.80. The fourth-order valence-corrected chi connectivity index (χ4v) is 2.28. The lowest BCUT2D eigenvalue weighted by atomic mass is 10.1. The molecule has 2 aromatic carbocycles. The van der Waals surface area contributed by atoms with Gasteiger partial charge in [0.15, 0.2) is 6.29 Å². The minimum absolute atomic E-state index is 0.0819. The van der Waals surface area contributed by atoms with Crippen LogP contribution in [0.3, 0.4) is 0 Å². The molecule has 0 bridgehead atoms. The van der Waals surface area contributed by atoms with Crippen molar-refractivity contribution >= 4 is 0 Å². The predicted molar refractivity (Wildman–Crippen MR) is 95.5 cm³/mol. The molecule has 0 aliphatic carbocycles. The second-order valence-corrected chi connectivity index (χ2v) is 6.12. The molecule has 1 N–H and O–H groups in total. The van der Waals surface area contributed by atoms with Crippen molar-refractivity contribution in [1.29, 1.82) is 0 Å². The van der Waals surface area contributed by atoms with E-state index in [1.165, 1.54) is 24.3 Å². The molecule has 8 heteroatoms. The summed E-state index contributed by atoms with van der Waals surface area (Å²) in [6.45, 7) is 3.11. The second kappa shape index (κ2) is 9.25. The Bertz CT molecular complexity index is 733. The number of halogens is 4. The first-order valence-electron chi connectivity index (χ1n) is 8.78. The predicted octanol–water partition coefficient (Wildman–Crippen LogP) is 5.80. The van der Waals surface area contributed by atoms with E-state index in [0.29, 0.717) is 17.5 Å². The Morgan fingerprint density at radius 2 is 1.43 bits per heavy atom. The molecular weight excluding hydrogens is 380 g/mol. The van der Waals surface area contributed by atoms with Gasteiger partial charge in [-0.2, -0.15) is 17.6 Å². The Morgan fingerprint density at radius 1 is 0.893 bits per heavy atom. The van der Waals surface area contributed by atoms with Crippen LogP contribution in [0.5, 0.6) is 11.5 Å². The number of hydrogen-bond acceptors (Lipinski definition) is 4. The lowest BCUT2D eigenvalue weighted by molar-refractivity contribution is -0.434. The van der Waals surface area contributed by atoms with Crippen molar-refractivity contribution in [2.75, 3.05) is 6.61 Å². The van der Waals surface area contributed by atoms with Crippen molar-refractivity contribution in [2.24, 2.45) is 0 Å². The quantitative estimate of drug-likeness (QED) is 0.310. The highest BCUT2D eigenvalue weighted by Crippen LogP contribution is 2.38. The SMILES string of the molecule is CCCCOC(C)OC(F)(F)C(F)(F)Oc1ccc(-c2ccc(O)cc2)cc1. The van der Waals surface area contributed by atoms with Crippen molar-refractivity contribution in [3.05, 3.63) is 48.5 Å². The van der Waals surface area contributed by atoms with Crippen molar-refractivity contribution in [3.8, 4) is 22.6 Å². The molecule has 0 fully saturated rings. The Kier molecular flexibility index (Phi) is 7.26. The lowest BCUT2D eigenvalue weighted by Gasteiger charge is -2.28. The Labute approximate surface area is 160 Å². The van der Waals surface area contributed by atoms with Crippen molar-refractivity contribution in [3.63, 3.8) is 0 Å². The van der Waals surface area contributed by atoms with Crippen LogP contribution in [-0.2, 0) is 9.47 Å². The number of aromatic hydroxyl groups is 1. The standard InChI is InChI=1S/C20H22F4O4/c1-3-4-13-26-14(2)27-19(21,22)20(23,24)28-18-11-7-16(8-12-18)15-5-9-17(25)10-6-15/h5-12,14,25H,3-4,13H2,1-2H3. The van der Waals surface area contributed by atoms with Gasteiger partial charge >= 0.3 is 12.2 Å². The highest BCUT2D eigenvalue weighted by molar-refractivity contribution is 5.64. The van der Waals surface area contributed by atoms with Crippen LogP contribution < -0.4 is 4.74 Å². The fraction of sp³-hybridized carbons (Fsp3) is 0.400. The average molecular weight is 402 g/mol. The van der Waals surface area contributed by atoms with Gasteiger partial charge < -0.3 is 14.6 Å². The number of ether oxygens (including phenoxy) is 3. The molecule has 0 aliphatic heterocycles. The zero-order valence-electron chi connectivity index (χ0n) is 15.5. The van der Waals surface area contributed by atoms with E-state index < -0.39 is 24.3 Å². The van der Waals surface area contributed by atoms with Crippen molar-refractivity contribution in [1.82, 2.24) is 0 Å². The maximum Gasteiger partial charge on any atom is 0.494 e. The van der Waals surface area contributed by atoms with Crippen molar-refractivity contribution in [2.45, 2.75) is 45.2 Å². The third kappa shape index (κ3) is 5.84. The molecule has 2 rings (SSSR count). The highest BCUT2D eigenvalue weighted by Gasteiger charge is 2.62. The van der Waals surface area contributed by atoms with Crippen molar-refractivity contribution < 1.29 is 36.9 Å². The van der Waals surface area contributed by atoms with Gasteiger partial charge in [0.25, 0.3) is 0 Å². The van der Waals surface area contributed by atoms with Crippen LogP contribution in [0.15, 0.2) is 48.5 Å². The number of unbranched alkanes of at least 4 members (excludes halogenated alkanes) is 1. The van der Waals surface area contributed by atoms with Crippen LogP contribution >= 0.6 is 0 Å². The Balaban J connectivity index is 2.02. The summed E-state index contributed by atoms with van der Waals surface area (Å²) < 4.78 is 68.7. The van der Waals surface area contributed by atoms with E-state index in [2.05, 4.69) is 9.47 Å². The molecule has 154 valence electrons. The molecule has 0 spiro atoms. The van der Waals surface area contributed by atoms with E-state index in [4.69, 9.17) is 4.74 Å². The normalized spacial score (nSPS) is 13.4. The number of alkyl halides is 4. The Morgan fingerprint density at radius 3 is 1.96 bits per heavy atom. The van der Waals surface area contributed by atoms with Crippen LogP contribution in [0, 0.1) is 0 Å². The van der Waals surface area contributed by atoms with Crippen LogP contribution in [0.4, 0.5) is 17.6 Å². The highest BCUT2D eigenvalue weighted by atomic mass is 19.3. The zero-order valence-corrected chi connectivity index (χ0v) is 15.5. The van der Waals surface area contributed by atoms with E-state index in [1.807, 2.05) is 6.92 Å². The number of hydrogen-bond donors (Lipinski definition) is 1. The molecule has 2 aromatic rings. The van der Waals surface area contributed by atoms with Gasteiger partial charge in [-0.3, -0.25) is 4.74 Å². The Hall–Kier alpha value is -2.32. The van der Waals surface area contributed by atoms with E-state index in [9.17, 15) is 22.7 Å². The molecular formula is C20H22F4O4. The maximum absolute atomic E-state index is 13.9. The summed E-state index contributed by atoms with van der Waals surface area (Å²) in [6, 6.07) is 11.4. The van der Waals surface area contributed by atoms with E-state index in [-0.39, 0.29) is 12.4 Å². The van der Waals surface area contributed by atoms with Gasteiger partial charge in [-0.15, -0.1) is 0 Å². The molecule has 0 radical (unpaired) electrons. The molecule has 0 saturated heterocycles. The average Bonchev–Trinajstić information content (AvgIpc) is 2.62. The maximum atomic E-state index is 13.9. The summed E-state index contributed by atoms with van der Waals surface area (Å²) in [5.74, 6) is -0.367. The molecule has 1 atom stereocenters. The van der Waals surface area contributed by atoms with Gasteiger partial charge in [0.2, 0.25) is 0 Å². The summed E-state index contributed by atoms with van der Waals surface area (Å²) >= 11 is 0. The lowest BCUT2D eigenvalue weighted by Crippen LogP contribution is -2.49. The van der Waals surface area contributed by atoms with Gasteiger partial charge in [-0.1, -0.05) is 37.6 Å². The van der Waals surface area contributed by atoms with Crippen LogP contribution in [0.1, 0.15) is 26.7 Å². The minimum atomic E-state index is -4.89. The topological polar surface area (TPSA) is 47.9 Å². The summed E-state index contributed by atoms with van der Waals surface area (Å²) in [5, 5.41) is 9.28. The van der Waals surface area contributed by atoms with Gasteiger partial charge in [-0.05, 0) is 48.7 Å². The van der Waals surface area contributed by atoms with Gasteiger partial charge in [0, 0.05) is 6.61 Å².